The van der Waals surface area contributed by atoms with Gasteiger partial charge in [0.25, 0.3) is 0 Å². The summed E-state index contributed by atoms with van der Waals surface area (Å²) in [6.07, 6.45) is 4.13. The highest BCUT2D eigenvalue weighted by molar-refractivity contribution is 7.84. The second kappa shape index (κ2) is 7.41. The average molecular weight is 408 g/mol. The SMILES string of the molecule is CC(C)(C)OC(=O)N1CCC2(CC1)Cc1cccnc1C2NS(=O)C(C)(C)C. The van der Waals surface area contributed by atoms with Crippen LogP contribution in [0.1, 0.15) is 71.7 Å². The number of ether oxygens (including phenoxy) is 1. The molecule has 28 heavy (non-hydrogen) atoms. The number of rotatable bonds is 2. The Hall–Kier alpha value is -1.47. The van der Waals surface area contributed by atoms with Gasteiger partial charge in [-0.25, -0.2) is 13.7 Å². The number of carbonyl (C=O) groups is 1. The van der Waals surface area contributed by atoms with Crippen molar-refractivity contribution in [1.82, 2.24) is 14.6 Å². The minimum Gasteiger partial charge on any atom is -0.444 e. The summed E-state index contributed by atoms with van der Waals surface area (Å²) >= 11 is 0. The van der Waals surface area contributed by atoms with E-state index >= 15 is 0 Å². The van der Waals surface area contributed by atoms with Crippen LogP contribution in [0.5, 0.6) is 0 Å². The molecule has 0 saturated carbocycles. The molecule has 1 aromatic rings. The Balaban J connectivity index is 1.79. The Labute approximate surface area is 171 Å². The highest BCUT2D eigenvalue weighted by atomic mass is 32.2. The zero-order valence-electron chi connectivity index (χ0n) is 17.9. The van der Waals surface area contributed by atoms with Gasteiger partial charge in [-0.15, -0.1) is 0 Å². The number of nitrogens with one attached hydrogen (secondary N) is 1. The molecule has 1 aliphatic carbocycles. The zero-order chi connectivity index (χ0) is 20.7. The fraction of sp³-hybridized carbons (Fsp3) is 0.714. The van der Waals surface area contributed by atoms with Gasteiger partial charge in [-0.05, 0) is 77.8 Å². The molecule has 7 heteroatoms. The van der Waals surface area contributed by atoms with Gasteiger partial charge < -0.3 is 9.64 Å². The first-order chi connectivity index (χ1) is 12.9. The van der Waals surface area contributed by atoms with Gasteiger partial charge >= 0.3 is 6.09 Å². The molecule has 6 nitrogen and oxygen atoms in total. The van der Waals surface area contributed by atoms with Gasteiger partial charge in [-0.3, -0.25) is 4.98 Å². The first-order valence-corrected chi connectivity index (χ1v) is 11.2. The predicted octanol–water partition coefficient (Wildman–Crippen LogP) is 3.75. The van der Waals surface area contributed by atoms with Gasteiger partial charge in [0.05, 0.1) is 27.5 Å². The molecular formula is C21H33N3O3S. The van der Waals surface area contributed by atoms with Crippen molar-refractivity contribution in [2.45, 2.75) is 77.2 Å². The van der Waals surface area contributed by atoms with Crippen LogP contribution in [0.15, 0.2) is 18.3 Å². The van der Waals surface area contributed by atoms with Gasteiger partial charge in [-0.2, -0.15) is 0 Å². The molecule has 0 bridgehead atoms. The number of hydrogen-bond donors (Lipinski definition) is 1. The molecule has 1 N–H and O–H groups in total. The van der Waals surface area contributed by atoms with E-state index in [-0.39, 0.29) is 22.3 Å². The molecule has 2 atom stereocenters. The lowest BCUT2D eigenvalue weighted by Gasteiger charge is -2.43. The summed E-state index contributed by atoms with van der Waals surface area (Å²) in [5.41, 5.74) is 1.66. The van der Waals surface area contributed by atoms with Gasteiger partial charge in [0, 0.05) is 19.3 Å². The minimum atomic E-state index is -1.19. The molecule has 1 aliphatic heterocycles. The topological polar surface area (TPSA) is 71.5 Å². The second-order valence-electron chi connectivity index (χ2n) is 9.99. The van der Waals surface area contributed by atoms with E-state index in [1.165, 1.54) is 5.56 Å². The maximum atomic E-state index is 12.9. The molecule has 2 aliphatic rings. The Bertz CT molecular complexity index is 759. The zero-order valence-corrected chi connectivity index (χ0v) is 18.7. The van der Waals surface area contributed by atoms with Crippen LogP contribution in [-0.4, -0.2) is 43.6 Å². The summed E-state index contributed by atoms with van der Waals surface area (Å²) in [5, 5.41) is 0. The highest BCUT2D eigenvalue weighted by Gasteiger charge is 2.50. The summed E-state index contributed by atoms with van der Waals surface area (Å²) in [4.78, 5) is 18.9. The van der Waals surface area contributed by atoms with Gasteiger partial charge in [-0.1, -0.05) is 6.07 Å². The molecule has 0 radical (unpaired) electrons. The Morgan fingerprint density at radius 1 is 1.25 bits per heavy atom. The fourth-order valence-corrected chi connectivity index (χ4v) is 4.95. The van der Waals surface area contributed by atoms with Crippen LogP contribution in [0.3, 0.4) is 0 Å². The molecule has 2 unspecified atom stereocenters. The van der Waals surface area contributed by atoms with Crippen molar-refractivity contribution in [3.05, 3.63) is 29.6 Å². The maximum absolute atomic E-state index is 12.9. The number of piperidine rings is 1. The summed E-state index contributed by atoms with van der Waals surface area (Å²) in [6.45, 7) is 12.9. The molecule has 156 valence electrons. The number of likely N-dealkylation sites (tertiary alicyclic amines) is 1. The Morgan fingerprint density at radius 3 is 2.46 bits per heavy atom. The van der Waals surface area contributed by atoms with E-state index in [1.54, 1.807) is 4.90 Å². The lowest BCUT2D eigenvalue weighted by Crippen LogP contribution is -2.50. The van der Waals surface area contributed by atoms with Crippen LogP contribution in [0, 0.1) is 5.41 Å². The third-order valence-electron chi connectivity index (χ3n) is 5.55. The molecule has 1 spiro atoms. The number of nitrogens with zero attached hydrogens (tertiary/aromatic N) is 2. The molecule has 2 heterocycles. The van der Waals surface area contributed by atoms with Gasteiger partial charge in [0.1, 0.15) is 5.60 Å². The standard InChI is InChI=1S/C21H33N3O3S/c1-19(2,3)27-18(25)24-12-9-21(10-13-24)14-15-8-7-11-22-16(15)17(21)23-28(26)20(4,5)6/h7-8,11,17,23H,9-10,12-14H2,1-6H3. The van der Waals surface area contributed by atoms with E-state index in [0.717, 1.165) is 25.0 Å². The van der Waals surface area contributed by atoms with Crippen molar-refractivity contribution in [2.75, 3.05) is 13.1 Å². The highest BCUT2D eigenvalue weighted by Crippen LogP contribution is 2.51. The van der Waals surface area contributed by atoms with Gasteiger partial charge in [0.15, 0.2) is 0 Å². The van der Waals surface area contributed by atoms with Crippen LogP contribution in [0.2, 0.25) is 0 Å². The van der Waals surface area contributed by atoms with E-state index < -0.39 is 16.6 Å². The van der Waals surface area contributed by atoms with Crippen LogP contribution < -0.4 is 4.72 Å². The molecule has 1 saturated heterocycles. The number of fused-ring (bicyclic) bond motifs is 1. The third kappa shape index (κ3) is 4.40. The van der Waals surface area contributed by atoms with Crippen molar-refractivity contribution < 1.29 is 13.7 Å². The molecule has 0 aromatic carbocycles. The minimum absolute atomic E-state index is 0.0652. The summed E-state index contributed by atoms with van der Waals surface area (Å²) in [7, 11) is -1.19. The first-order valence-electron chi connectivity index (χ1n) is 10.0. The smallest absolute Gasteiger partial charge is 0.410 e. The normalized spacial score (nSPS) is 22.8. The number of carbonyl (C=O) groups excluding carboxylic acids is 1. The van der Waals surface area contributed by atoms with Gasteiger partial charge in [0.2, 0.25) is 0 Å². The van der Waals surface area contributed by atoms with E-state index in [1.807, 2.05) is 53.8 Å². The predicted molar refractivity (Wildman–Crippen MR) is 111 cm³/mol. The second-order valence-corrected chi connectivity index (χ2v) is 12.0. The number of amides is 1. The van der Waals surface area contributed by atoms with Crippen molar-refractivity contribution in [3.63, 3.8) is 0 Å². The van der Waals surface area contributed by atoms with Crippen molar-refractivity contribution in [3.8, 4) is 0 Å². The average Bonchev–Trinajstić information content (AvgIpc) is 2.86. The van der Waals surface area contributed by atoms with Crippen LogP contribution >= 0.6 is 0 Å². The number of aromatic nitrogens is 1. The molecule has 1 aromatic heterocycles. The van der Waals surface area contributed by atoms with E-state index in [4.69, 9.17) is 4.74 Å². The molecule has 1 fully saturated rings. The number of pyridine rings is 1. The quantitative estimate of drug-likeness (QED) is 0.810. The van der Waals surface area contributed by atoms with Crippen molar-refractivity contribution >= 4 is 17.1 Å². The summed E-state index contributed by atoms with van der Waals surface area (Å²) in [5.74, 6) is 0. The number of hydrogen-bond acceptors (Lipinski definition) is 4. The molecule has 3 rings (SSSR count). The van der Waals surface area contributed by atoms with E-state index in [9.17, 15) is 9.00 Å². The van der Waals surface area contributed by atoms with Crippen LogP contribution in [0.25, 0.3) is 0 Å². The molecular weight excluding hydrogens is 374 g/mol. The van der Waals surface area contributed by atoms with Crippen LogP contribution in [0.4, 0.5) is 4.79 Å². The fourth-order valence-electron chi connectivity index (χ4n) is 4.02. The van der Waals surface area contributed by atoms with E-state index in [0.29, 0.717) is 13.1 Å². The van der Waals surface area contributed by atoms with Crippen molar-refractivity contribution in [1.29, 1.82) is 0 Å². The summed E-state index contributed by atoms with van der Waals surface area (Å²) < 4.78 is 21.5. The summed E-state index contributed by atoms with van der Waals surface area (Å²) in [6, 6.07) is 4.02. The Morgan fingerprint density at radius 2 is 1.89 bits per heavy atom. The Kier molecular flexibility index (Phi) is 5.62. The lowest BCUT2D eigenvalue weighted by atomic mass is 9.73. The monoisotopic (exact) mass is 407 g/mol. The lowest BCUT2D eigenvalue weighted by molar-refractivity contribution is 0.00713. The molecule has 1 amide bonds. The third-order valence-corrected chi connectivity index (χ3v) is 7.11. The van der Waals surface area contributed by atoms with E-state index in [2.05, 4.69) is 15.8 Å². The maximum Gasteiger partial charge on any atom is 0.410 e. The van der Waals surface area contributed by atoms with Crippen molar-refractivity contribution in [2.24, 2.45) is 5.41 Å². The van der Waals surface area contributed by atoms with Crippen LogP contribution in [-0.2, 0) is 22.1 Å². The largest absolute Gasteiger partial charge is 0.444 e. The first kappa shape index (κ1) is 21.2.